The third-order valence-electron chi connectivity index (χ3n) is 5.23. The zero-order valence-corrected chi connectivity index (χ0v) is 18.4. The summed E-state index contributed by atoms with van der Waals surface area (Å²) in [6.07, 6.45) is 0. The van der Waals surface area contributed by atoms with Gasteiger partial charge in [0, 0.05) is 17.2 Å². The number of carbonyl (C=O) groups is 2. The maximum Gasteiger partial charge on any atom is 0.282 e. The number of anilines is 2. The van der Waals surface area contributed by atoms with Crippen molar-refractivity contribution in [2.45, 2.75) is 6.92 Å². The standard InChI is InChI=1S/C24H18ClN3O5/c1-14-5-3-4-6-19(14)27-23(29)21(15-7-10-17(11-8-15)28(31)32)22(24(27)30)26-18-13-16(25)9-12-20(18)33-2/h3-13,26H,1-2H3. The summed E-state index contributed by atoms with van der Waals surface area (Å²) in [6, 6.07) is 17.3. The van der Waals surface area contributed by atoms with Crippen molar-refractivity contribution in [2.24, 2.45) is 0 Å². The first-order valence-corrected chi connectivity index (χ1v) is 10.2. The summed E-state index contributed by atoms with van der Waals surface area (Å²) >= 11 is 6.13. The van der Waals surface area contributed by atoms with Gasteiger partial charge in [-0.2, -0.15) is 0 Å². The number of aryl methyl sites for hydroxylation is 1. The molecule has 0 aliphatic carbocycles. The molecule has 33 heavy (non-hydrogen) atoms. The van der Waals surface area contributed by atoms with Crippen LogP contribution in [0.25, 0.3) is 5.57 Å². The van der Waals surface area contributed by atoms with Crippen molar-refractivity contribution in [3.8, 4) is 5.75 Å². The number of benzene rings is 3. The van der Waals surface area contributed by atoms with Crippen molar-refractivity contribution in [3.05, 3.63) is 98.7 Å². The van der Waals surface area contributed by atoms with E-state index in [1.807, 2.05) is 6.07 Å². The number of carbonyl (C=O) groups excluding carboxylic acids is 2. The number of nitro groups is 1. The molecule has 0 spiro atoms. The van der Waals surface area contributed by atoms with Crippen molar-refractivity contribution in [3.63, 3.8) is 0 Å². The molecule has 4 rings (SSSR count). The number of rotatable bonds is 6. The molecule has 3 aromatic rings. The summed E-state index contributed by atoms with van der Waals surface area (Å²) < 4.78 is 5.36. The smallest absolute Gasteiger partial charge is 0.282 e. The number of methoxy groups -OCH3 is 1. The molecule has 1 heterocycles. The fourth-order valence-corrected chi connectivity index (χ4v) is 3.78. The number of hydrogen-bond donors (Lipinski definition) is 1. The number of nitrogens with zero attached hydrogens (tertiary/aromatic N) is 2. The van der Waals surface area contributed by atoms with Crippen LogP contribution in [0.1, 0.15) is 11.1 Å². The van der Waals surface area contributed by atoms with Gasteiger partial charge in [0.2, 0.25) is 0 Å². The molecule has 0 bridgehead atoms. The largest absolute Gasteiger partial charge is 0.495 e. The van der Waals surface area contributed by atoms with Crippen LogP contribution >= 0.6 is 11.6 Å². The van der Waals surface area contributed by atoms with Crippen LogP contribution in [0.5, 0.6) is 5.75 Å². The third kappa shape index (κ3) is 4.04. The number of amides is 2. The number of nitrogens with one attached hydrogen (secondary N) is 1. The highest BCUT2D eigenvalue weighted by molar-refractivity contribution is 6.46. The van der Waals surface area contributed by atoms with E-state index in [1.54, 1.807) is 43.3 Å². The average Bonchev–Trinajstić information content (AvgIpc) is 3.04. The lowest BCUT2D eigenvalue weighted by molar-refractivity contribution is -0.384. The molecule has 0 aromatic heterocycles. The lowest BCUT2D eigenvalue weighted by Gasteiger charge is -2.18. The summed E-state index contributed by atoms with van der Waals surface area (Å²) in [5.41, 5.74) is 1.91. The van der Waals surface area contributed by atoms with Gasteiger partial charge in [-0.15, -0.1) is 0 Å². The number of non-ortho nitro benzene ring substituents is 1. The molecule has 2 amide bonds. The first-order valence-electron chi connectivity index (χ1n) is 9.86. The van der Waals surface area contributed by atoms with Crippen molar-refractivity contribution < 1.29 is 19.2 Å². The highest BCUT2D eigenvalue weighted by Gasteiger charge is 2.41. The average molecular weight is 464 g/mol. The van der Waals surface area contributed by atoms with Crippen LogP contribution < -0.4 is 15.0 Å². The fourth-order valence-electron chi connectivity index (χ4n) is 3.61. The molecule has 0 radical (unpaired) electrons. The molecule has 0 saturated heterocycles. The van der Waals surface area contributed by atoms with E-state index in [4.69, 9.17) is 16.3 Å². The normalized spacial score (nSPS) is 13.5. The van der Waals surface area contributed by atoms with E-state index in [0.717, 1.165) is 10.5 Å². The predicted molar refractivity (Wildman–Crippen MR) is 125 cm³/mol. The molecule has 166 valence electrons. The summed E-state index contributed by atoms with van der Waals surface area (Å²) in [7, 11) is 1.47. The maximum absolute atomic E-state index is 13.5. The molecule has 9 heteroatoms. The first kappa shape index (κ1) is 22.0. The monoisotopic (exact) mass is 463 g/mol. The van der Waals surface area contributed by atoms with Crippen molar-refractivity contribution in [1.82, 2.24) is 0 Å². The predicted octanol–water partition coefficient (Wildman–Crippen LogP) is 4.96. The maximum atomic E-state index is 13.5. The van der Waals surface area contributed by atoms with Crippen LogP contribution in [-0.2, 0) is 9.59 Å². The Morgan fingerprint density at radius 1 is 1.00 bits per heavy atom. The molecule has 0 atom stereocenters. The van der Waals surface area contributed by atoms with E-state index in [0.29, 0.717) is 27.7 Å². The second kappa shape index (κ2) is 8.76. The molecule has 1 N–H and O–H groups in total. The van der Waals surface area contributed by atoms with E-state index < -0.39 is 16.7 Å². The summed E-state index contributed by atoms with van der Waals surface area (Å²) in [5.74, 6) is -0.694. The highest BCUT2D eigenvalue weighted by Crippen LogP contribution is 2.37. The zero-order valence-electron chi connectivity index (χ0n) is 17.7. The Kier molecular flexibility index (Phi) is 5.85. The topological polar surface area (TPSA) is 102 Å². The van der Waals surface area contributed by atoms with Gasteiger partial charge in [-0.3, -0.25) is 19.7 Å². The van der Waals surface area contributed by atoms with E-state index in [-0.39, 0.29) is 17.0 Å². The Morgan fingerprint density at radius 3 is 2.33 bits per heavy atom. The van der Waals surface area contributed by atoms with Crippen molar-refractivity contribution in [1.29, 1.82) is 0 Å². The number of para-hydroxylation sites is 1. The summed E-state index contributed by atoms with van der Waals surface area (Å²) in [5, 5.41) is 14.5. The van der Waals surface area contributed by atoms with Crippen LogP contribution in [0, 0.1) is 17.0 Å². The molecule has 8 nitrogen and oxygen atoms in total. The van der Waals surface area contributed by atoms with Gasteiger partial charge >= 0.3 is 0 Å². The Bertz CT molecular complexity index is 1320. The van der Waals surface area contributed by atoms with E-state index >= 15 is 0 Å². The van der Waals surface area contributed by atoms with Crippen molar-refractivity contribution >= 4 is 46.1 Å². The minimum Gasteiger partial charge on any atom is -0.495 e. The van der Waals surface area contributed by atoms with Gasteiger partial charge in [0.1, 0.15) is 11.4 Å². The Hall–Kier alpha value is -4.17. The molecule has 0 saturated carbocycles. The molecule has 0 fully saturated rings. The zero-order chi connectivity index (χ0) is 23.7. The minimum atomic E-state index is -0.565. The molecular formula is C24H18ClN3O5. The van der Waals surface area contributed by atoms with Crippen LogP contribution in [0.2, 0.25) is 5.02 Å². The van der Waals surface area contributed by atoms with Crippen molar-refractivity contribution in [2.75, 3.05) is 17.3 Å². The molecule has 1 aliphatic rings. The van der Waals surface area contributed by atoms with Gasteiger partial charge in [-0.1, -0.05) is 29.8 Å². The summed E-state index contributed by atoms with van der Waals surface area (Å²) in [6.45, 7) is 1.80. The van der Waals surface area contributed by atoms with Gasteiger partial charge < -0.3 is 10.1 Å². The number of halogens is 1. The summed E-state index contributed by atoms with van der Waals surface area (Å²) in [4.78, 5) is 38.7. The SMILES string of the molecule is COc1ccc(Cl)cc1NC1=C(c2ccc([N+](=O)[O-])cc2)C(=O)N(c2ccccc2C)C1=O. The van der Waals surface area contributed by atoms with E-state index in [9.17, 15) is 19.7 Å². The van der Waals surface area contributed by atoms with Gasteiger partial charge in [0.15, 0.2) is 0 Å². The van der Waals surface area contributed by atoms with Crippen LogP contribution in [0.15, 0.2) is 72.4 Å². The lowest BCUT2D eigenvalue weighted by Crippen LogP contribution is -2.33. The molecule has 1 aliphatic heterocycles. The van der Waals surface area contributed by atoms with Gasteiger partial charge in [0.05, 0.1) is 29.0 Å². The first-order chi connectivity index (χ1) is 15.8. The Labute approximate surface area is 194 Å². The highest BCUT2D eigenvalue weighted by atomic mass is 35.5. The molecule has 0 unspecified atom stereocenters. The second-order valence-corrected chi connectivity index (χ2v) is 7.69. The minimum absolute atomic E-state index is 0.0117. The van der Waals surface area contributed by atoms with Gasteiger partial charge in [0.25, 0.3) is 17.5 Å². The van der Waals surface area contributed by atoms with Crippen LogP contribution in [-0.4, -0.2) is 23.8 Å². The number of hydrogen-bond acceptors (Lipinski definition) is 6. The fraction of sp³-hybridized carbons (Fsp3) is 0.0833. The quantitative estimate of drug-likeness (QED) is 0.315. The Morgan fingerprint density at radius 2 is 1.70 bits per heavy atom. The number of nitro benzene ring substituents is 1. The second-order valence-electron chi connectivity index (χ2n) is 7.26. The van der Waals surface area contributed by atoms with Gasteiger partial charge in [-0.25, -0.2) is 4.90 Å². The van der Waals surface area contributed by atoms with Crippen LogP contribution in [0.4, 0.5) is 17.1 Å². The molecular weight excluding hydrogens is 446 g/mol. The lowest BCUT2D eigenvalue weighted by atomic mass is 10.0. The number of ether oxygens (including phenoxy) is 1. The molecule has 3 aromatic carbocycles. The van der Waals surface area contributed by atoms with Crippen LogP contribution in [0.3, 0.4) is 0 Å². The Balaban J connectivity index is 1.87. The van der Waals surface area contributed by atoms with E-state index in [1.165, 1.54) is 31.4 Å². The third-order valence-corrected chi connectivity index (χ3v) is 5.46. The van der Waals surface area contributed by atoms with E-state index in [2.05, 4.69) is 5.32 Å². The number of imide groups is 1. The van der Waals surface area contributed by atoms with Gasteiger partial charge in [-0.05, 0) is 54.4 Å².